The molecule has 0 radical (unpaired) electrons. The van der Waals surface area contributed by atoms with Gasteiger partial charge < -0.3 is 4.90 Å². The van der Waals surface area contributed by atoms with Gasteiger partial charge in [0.15, 0.2) is 0 Å². The monoisotopic (exact) mass is 392 g/mol. The molecule has 2 aromatic rings. The minimum atomic E-state index is -3.54. The largest absolute Gasteiger partial charge is 0.340 e. The highest BCUT2D eigenvalue weighted by atomic mass is 32.2. The zero-order valence-electron chi connectivity index (χ0n) is 15.4. The lowest BCUT2D eigenvalue weighted by Gasteiger charge is -2.34. The summed E-state index contributed by atoms with van der Waals surface area (Å²) < 4.78 is 27.7. The predicted octanol–water partition coefficient (Wildman–Crippen LogP) is 2.75. The lowest BCUT2D eigenvalue weighted by atomic mass is 10.1. The normalized spacial score (nSPS) is 16.0. The molecule has 1 aromatic carbocycles. The fourth-order valence-electron chi connectivity index (χ4n) is 3.55. The summed E-state index contributed by atoms with van der Waals surface area (Å²) >= 11 is 1.57. The molecule has 3 rings (SSSR count). The summed E-state index contributed by atoms with van der Waals surface area (Å²) in [5.74, 6) is 0.0622. The van der Waals surface area contributed by atoms with Crippen LogP contribution in [0.25, 0.3) is 0 Å². The number of hydrogen-bond acceptors (Lipinski definition) is 4. The lowest BCUT2D eigenvalue weighted by Crippen LogP contribution is -2.51. The SMILES string of the molecule is Cc1cc(C)c(S(=O)(=O)N2CCN(C(=O)Cc3cccs3)CC2)c(C)c1. The van der Waals surface area contributed by atoms with Gasteiger partial charge in [0, 0.05) is 31.1 Å². The van der Waals surface area contributed by atoms with E-state index in [1.165, 1.54) is 4.31 Å². The smallest absolute Gasteiger partial charge is 0.243 e. The number of amides is 1. The van der Waals surface area contributed by atoms with Crippen LogP contribution in [-0.2, 0) is 21.2 Å². The molecule has 0 spiro atoms. The van der Waals surface area contributed by atoms with Gasteiger partial charge in [-0.05, 0) is 43.3 Å². The number of nitrogens with zero attached hydrogens (tertiary/aromatic N) is 2. The second kappa shape index (κ2) is 7.50. The third-order valence-electron chi connectivity index (χ3n) is 4.70. The molecule has 1 amide bonds. The number of carbonyl (C=O) groups is 1. The van der Waals surface area contributed by atoms with Crippen LogP contribution in [-0.4, -0.2) is 49.7 Å². The van der Waals surface area contributed by atoms with Crippen LogP contribution >= 0.6 is 11.3 Å². The van der Waals surface area contributed by atoms with Crippen LogP contribution < -0.4 is 0 Å². The molecule has 2 heterocycles. The van der Waals surface area contributed by atoms with E-state index in [0.29, 0.717) is 37.5 Å². The number of hydrogen-bond donors (Lipinski definition) is 0. The zero-order valence-corrected chi connectivity index (χ0v) is 17.0. The first-order valence-corrected chi connectivity index (χ1v) is 11.0. The standard InChI is InChI=1S/C19H24N2O3S2/c1-14-11-15(2)19(16(3)12-14)26(23,24)21-8-6-20(7-9-21)18(22)13-17-5-4-10-25-17/h4-5,10-12H,6-9,13H2,1-3H3. The van der Waals surface area contributed by atoms with Gasteiger partial charge in [-0.15, -0.1) is 11.3 Å². The first-order chi connectivity index (χ1) is 12.3. The molecule has 26 heavy (non-hydrogen) atoms. The Morgan fingerprint density at radius 1 is 1.08 bits per heavy atom. The van der Waals surface area contributed by atoms with Crippen LogP contribution in [0.15, 0.2) is 34.5 Å². The van der Waals surface area contributed by atoms with Gasteiger partial charge in [-0.1, -0.05) is 23.8 Å². The molecule has 0 saturated carbocycles. The zero-order chi connectivity index (χ0) is 18.9. The average Bonchev–Trinajstić information content (AvgIpc) is 3.06. The minimum absolute atomic E-state index is 0.0622. The van der Waals surface area contributed by atoms with Gasteiger partial charge in [0.05, 0.1) is 11.3 Å². The summed E-state index contributed by atoms with van der Waals surface area (Å²) in [6, 6.07) is 7.69. The van der Waals surface area contributed by atoms with Crippen LogP contribution in [0.3, 0.4) is 0 Å². The van der Waals surface area contributed by atoms with E-state index < -0.39 is 10.0 Å². The topological polar surface area (TPSA) is 57.7 Å². The van der Waals surface area contributed by atoms with E-state index in [2.05, 4.69) is 0 Å². The Hall–Kier alpha value is -1.70. The van der Waals surface area contributed by atoms with Crippen molar-refractivity contribution < 1.29 is 13.2 Å². The van der Waals surface area contributed by atoms with Crippen molar-refractivity contribution in [3.8, 4) is 0 Å². The van der Waals surface area contributed by atoms with E-state index in [4.69, 9.17) is 0 Å². The van der Waals surface area contributed by atoms with Crippen LogP contribution in [0, 0.1) is 20.8 Å². The lowest BCUT2D eigenvalue weighted by molar-refractivity contribution is -0.131. The van der Waals surface area contributed by atoms with Crippen molar-refractivity contribution in [2.24, 2.45) is 0 Å². The van der Waals surface area contributed by atoms with Crippen molar-refractivity contribution in [3.63, 3.8) is 0 Å². The van der Waals surface area contributed by atoms with Crippen LogP contribution in [0.4, 0.5) is 0 Å². The van der Waals surface area contributed by atoms with Crippen molar-refractivity contribution in [1.29, 1.82) is 0 Å². The summed E-state index contributed by atoms with van der Waals surface area (Å²) in [7, 11) is -3.54. The van der Waals surface area contributed by atoms with E-state index in [1.807, 2.05) is 50.4 Å². The number of benzene rings is 1. The molecule has 1 aliphatic rings. The van der Waals surface area contributed by atoms with E-state index in [1.54, 1.807) is 16.2 Å². The van der Waals surface area contributed by atoms with Crippen molar-refractivity contribution in [3.05, 3.63) is 51.2 Å². The molecule has 7 heteroatoms. The number of piperazine rings is 1. The molecule has 0 unspecified atom stereocenters. The molecule has 0 atom stereocenters. The van der Waals surface area contributed by atoms with Crippen molar-refractivity contribution in [1.82, 2.24) is 9.21 Å². The fourth-order valence-corrected chi connectivity index (χ4v) is 6.08. The fraction of sp³-hybridized carbons (Fsp3) is 0.421. The first-order valence-electron chi connectivity index (χ1n) is 8.67. The summed E-state index contributed by atoms with van der Waals surface area (Å²) in [5, 5.41) is 1.96. The van der Waals surface area contributed by atoms with E-state index >= 15 is 0 Å². The maximum Gasteiger partial charge on any atom is 0.243 e. The highest BCUT2D eigenvalue weighted by Crippen LogP contribution is 2.26. The Kier molecular flexibility index (Phi) is 5.50. The first kappa shape index (κ1) is 19.1. The molecule has 1 saturated heterocycles. The minimum Gasteiger partial charge on any atom is -0.340 e. The summed E-state index contributed by atoms with van der Waals surface area (Å²) in [6.45, 7) is 7.20. The number of sulfonamides is 1. The van der Waals surface area contributed by atoms with Gasteiger partial charge in [-0.25, -0.2) is 8.42 Å². The maximum absolute atomic E-state index is 13.1. The van der Waals surface area contributed by atoms with Crippen LogP contribution in [0.1, 0.15) is 21.6 Å². The van der Waals surface area contributed by atoms with Gasteiger partial charge in [0.25, 0.3) is 0 Å². The van der Waals surface area contributed by atoms with Crippen LogP contribution in [0.5, 0.6) is 0 Å². The summed E-state index contributed by atoms with van der Waals surface area (Å²) in [6.07, 6.45) is 0.389. The summed E-state index contributed by atoms with van der Waals surface area (Å²) in [4.78, 5) is 15.6. The van der Waals surface area contributed by atoms with Crippen molar-refractivity contribution in [2.45, 2.75) is 32.1 Å². The van der Waals surface area contributed by atoms with Gasteiger partial charge in [0.1, 0.15) is 0 Å². The maximum atomic E-state index is 13.1. The van der Waals surface area contributed by atoms with Gasteiger partial charge in [-0.3, -0.25) is 4.79 Å². The van der Waals surface area contributed by atoms with Gasteiger partial charge >= 0.3 is 0 Å². The van der Waals surface area contributed by atoms with Gasteiger partial charge in [-0.2, -0.15) is 4.31 Å². The predicted molar refractivity (Wildman–Crippen MR) is 104 cm³/mol. The van der Waals surface area contributed by atoms with Crippen molar-refractivity contribution >= 4 is 27.3 Å². The Morgan fingerprint density at radius 2 is 1.69 bits per heavy atom. The third-order valence-corrected chi connectivity index (χ3v) is 7.78. The highest BCUT2D eigenvalue weighted by molar-refractivity contribution is 7.89. The number of aryl methyl sites for hydroxylation is 3. The number of carbonyl (C=O) groups excluding carboxylic acids is 1. The Labute approximate surface area is 159 Å². The molecule has 5 nitrogen and oxygen atoms in total. The second-order valence-electron chi connectivity index (χ2n) is 6.77. The molecule has 0 N–H and O–H groups in total. The Balaban J connectivity index is 1.70. The molecule has 1 aromatic heterocycles. The van der Waals surface area contributed by atoms with Crippen molar-refractivity contribution in [2.75, 3.05) is 26.2 Å². The number of thiophene rings is 1. The van der Waals surface area contributed by atoms with E-state index in [0.717, 1.165) is 21.6 Å². The van der Waals surface area contributed by atoms with E-state index in [-0.39, 0.29) is 5.91 Å². The van der Waals surface area contributed by atoms with E-state index in [9.17, 15) is 13.2 Å². The van der Waals surface area contributed by atoms with Gasteiger partial charge in [0.2, 0.25) is 15.9 Å². The average molecular weight is 393 g/mol. The third kappa shape index (κ3) is 3.84. The molecule has 140 valence electrons. The summed E-state index contributed by atoms with van der Waals surface area (Å²) in [5.41, 5.74) is 2.61. The molecule has 1 fully saturated rings. The number of rotatable bonds is 4. The molecule has 1 aliphatic heterocycles. The second-order valence-corrected chi connectivity index (χ2v) is 9.68. The van der Waals surface area contributed by atoms with Crippen LogP contribution in [0.2, 0.25) is 0 Å². The Morgan fingerprint density at radius 3 is 2.23 bits per heavy atom. The molecule has 0 bridgehead atoms. The highest BCUT2D eigenvalue weighted by Gasteiger charge is 2.32. The molecular weight excluding hydrogens is 368 g/mol. The molecular formula is C19H24N2O3S2. The quantitative estimate of drug-likeness (QED) is 0.804. The molecule has 0 aliphatic carbocycles. The Bertz CT molecular complexity index is 874.